The lowest BCUT2D eigenvalue weighted by Crippen LogP contribution is -2.14. The van der Waals surface area contributed by atoms with Gasteiger partial charge in [0.1, 0.15) is 16.2 Å². The van der Waals surface area contributed by atoms with Crippen molar-refractivity contribution in [2.75, 3.05) is 11.1 Å². The number of thioether (sulfide) groups is 1. The molecule has 0 bridgehead atoms. The third-order valence-corrected chi connectivity index (χ3v) is 5.69. The first-order valence-corrected chi connectivity index (χ1v) is 9.08. The van der Waals surface area contributed by atoms with Gasteiger partial charge in [-0.25, -0.2) is 9.97 Å². The fraction of sp³-hybridized carbons (Fsp3) is 0.167. The van der Waals surface area contributed by atoms with E-state index in [9.17, 15) is 4.79 Å². The van der Waals surface area contributed by atoms with Gasteiger partial charge in [0.15, 0.2) is 0 Å². The van der Waals surface area contributed by atoms with Gasteiger partial charge in [-0.15, -0.1) is 17.8 Å². The zero-order valence-corrected chi connectivity index (χ0v) is 14.9. The third kappa shape index (κ3) is 3.42. The lowest BCUT2D eigenvalue weighted by molar-refractivity contribution is -0.113. The Bertz CT molecular complexity index is 957. The summed E-state index contributed by atoms with van der Waals surface area (Å²) in [5.74, 6) is 2.74. The monoisotopic (exact) mass is 353 g/mol. The van der Waals surface area contributed by atoms with Gasteiger partial charge in [-0.2, -0.15) is 0 Å². The first-order chi connectivity index (χ1) is 11.6. The Labute approximate surface area is 148 Å². The molecule has 2 aromatic heterocycles. The first kappa shape index (κ1) is 16.5. The van der Waals surface area contributed by atoms with Crippen molar-refractivity contribution in [2.45, 2.75) is 18.9 Å². The molecule has 1 aromatic carbocycles. The van der Waals surface area contributed by atoms with Crippen LogP contribution < -0.4 is 5.32 Å². The van der Waals surface area contributed by atoms with E-state index in [1.807, 2.05) is 18.2 Å². The van der Waals surface area contributed by atoms with Crippen molar-refractivity contribution in [2.24, 2.45) is 0 Å². The molecule has 3 rings (SSSR count). The summed E-state index contributed by atoms with van der Waals surface area (Å²) in [5.41, 5.74) is 2.62. The van der Waals surface area contributed by atoms with Crippen LogP contribution in [0.1, 0.15) is 16.0 Å². The number of thiophene rings is 1. The lowest BCUT2D eigenvalue weighted by atomic mass is 10.2. The van der Waals surface area contributed by atoms with Gasteiger partial charge in [0.05, 0.1) is 5.75 Å². The number of aromatic nitrogens is 2. The molecule has 6 heteroatoms. The fourth-order valence-corrected chi connectivity index (χ4v) is 4.19. The van der Waals surface area contributed by atoms with Gasteiger partial charge in [0, 0.05) is 21.5 Å². The number of carbonyl (C=O) groups is 1. The Morgan fingerprint density at radius 1 is 1.38 bits per heavy atom. The Kier molecular flexibility index (Phi) is 4.84. The largest absolute Gasteiger partial charge is 0.325 e. The Balaban J connectivity index is 1.72. The van der Waals surface area contributed by atoms with Gasteiger partial charge < -0.3 is 5.32 Å². The Morgan fingerprint density at radius 3 is 3.00 bits per heavy atom. The minimum Gasteiger partial charge on any atom is -0.325 e. The number of terminal acetylenes is 1. The first-order valence-electron chi connectivity index (χ1n) is 7.28. The van der Waals surface area contributed by atoms with E-state index in [4.69, 9.17) is 6.42 Å². The summed E-state index contributed by atoms with van der Waals surface area (Å²) in [4.78, 5) is 23.0. The van der Waals surface area contributed by atoms with Crippen LogP contribution in [-0.2, 0) is 4.79 Å². The van der Waals surface area contributed by atoms with Gasteiger partial charge >= 0.3 is 0 Å². The van der Waals surface area contributed by atoms with E-state index >= 15 is 0 Å². The molecule has 0 spiro atoms. The van der Waals surface area contributed by atoms with Crippen molar-refractivity contribution in [1.29, 1.82) is 0 Å². The maximum Gasteiger partial charge on any atom is 0.234 e. The van der Waals surface area contributed by atoms with E-state index in [2.05, 4.69) is 35.1 Å². The zero-order chi connectivity index (χ0) is 17.1. The molecule has 24 heavy (non-hydrogen) atoms. The minimum atomic E-state index is -0.0921. The number of amides is 1. The van der Waals surface area contributed by atoms with E-state index in [1.165, 1.54) is 22.2 Å². The molecular formula is C18H15N3OS2. The molecule has 0 fully saturated rings. The van der Waals surface area contributed by atoms with Gasteiger partial charge in [-0.1, -0.05) is 23.7 Å². The summed E-state index contributed by atoms with van der Waals surface area (Å²) >= 11 is 3.07. The molecule has 0 saturated carbocycles. The van der Waals surface area contributed by atoms with Crippen LogP contribution in [0.15, 0.2) is 35.6 Å². The SMILES string of the molecule is C#Cc1cccc(NC(=O)CSc2ncnc3sc(C)c(C)c23)c1. The van der Waals surface area contributed by atoms with Crippen molar-refractivity contribution in [3.05, 3.63) is 46.6 Å². The Morgan fingerprint density at radius 2 is 2.21 bits per heavy atom. The lowest BCUT2D eigenvalue weighted by Gasteiger charge is -2.06. The molecule has 0 aliphatic rings. The highest BCUT2D eigenvalue weighted by Gasteiger charge is 2.13. The molecule has 0 atom stereocenters. The number of rotatable bonds is 4. The van der Waals surface area contributed by atoms with E-state index in [0.717, 1.165) is 20.8 Å². The quantitative estimate of drug-likeness (QED) is 0.437. The third-order valence-electron chi connectivity index (χ3n) is 3.58. The van der Waals surface area contributed by atoms with Crippen molar-refractivity contribution < 1.29 is 4.79 Å². The predicted molar refractivity (Wildman–Crippen MR) is 101 cm³/mol. The smallest absolute Gasteiger partial charge is 0.234 e. The van der Waals surface area contributed by atoms with Crippen LogP contribution >= 0.6 is 23.1 Å². The maximum atomic E-state index is 12.2. The van der Waals surface area contributed by atoms with Crippen LogP contribution in [0.25, 0.3) is 10.2 Å². The normalized spacial score (nSPS) is 10.5. The van der Waals surface area contributed by atoms with Crippen LogP contribution in [0.5, 0.6) is 0 Å². The number of nitrogens with zero attached hydrogens (tertiary/aromatic N) is 2. The maximum absolute atomic E-state index is 12.2. The van der Waals surface area contributed by atoms with Crippen molar-refractivity contribution in [1.82, 2.24) is 9.97 Å². The summed E-state index contributed by atoms with van der Waals surface area (Å²) in [6, 6.07) is 7.24. The Hall–Kier alpha value is -2.36. The molecule has 1 amide bonds. The number of carbonyl (C=O) groups excluding carboxylic acids is 1. The minimum absolute atomic E-state index is 0.0921. The molecule has 3 aromatic rings. The highest BCUT2D eigenvalue weighted by atomic mass is 32.2. The molecule has 0 aliphatic heterocycles. The van der Waals surface area contributed by atoms with Crippen molar-refractivity contribution >= 4 is 44.9 Å². The number of benzene rings is 1. The molecule has 0 radical (unpaired) electrons. The fourth-order valence-electron chi connectivity index (χ4n) is 2.28. The van der Waals surface area contributed by atoms with Gasteiger partial charge in [0.2, 0.25) is 5.91 Å². The standard InChI is InChI=1S/C18H15N3OS2/c1-4-13-6-5-7-14(8-13)21-15(22)9-23-17-16-11(2)12(3)24-18(16)20-10-19-17/h1,5-8,10H,9H2,2-3H3,(H,21,22). The van der Waals surface area contributed by atoms with E-state index in [-0.39, 0.29) is 11.7 Å². The highest BCUT2D eigenvalue weighted by molar-refractivity contribution is 8.00. The van der Waals surface area contributed by atoms with Gasteiger partial charge in [-0.05, 0) is 37.6 Å². The number of fused-ring (bicyclic) bond motifs is 1. The summed E-state index contributed by atoms with van der Waals surface area (Å²) < 4.78 is 0. The van der Waals surface area contributed by atoms with E-state index in [0.29, 0.717) is 5.69 Å². The number of hydrogen-bond acceptors (Lipinski definition) is 5. The predicted octanol–water partition coefficient (Wildman–Crippen LogP) is 4.02. The number of nitrogens with one attached hydrogen (secondary N) is 1. The number of aryl methyl sites for hydroxylation is 2. The summed E-state index contributed by atoms with van der Waals surface area (Å²) in [7, 11) is 0. The van der Waals surface area contributed by atoms with Crippen LogP contribution in [0, 0.1) is 26.2 Å². The number of anilines is 1. The van der Waals surface area contributed by atoms with Crippen molar-refractivity contribution in [3.63, 3.8) is 0 Å². The van der Waals surface area contributed by atoms with E-state index in [1.54, 1.807) is 23.7 Å². The molecule has 0 unspecified atom stereocenters. The summed E-state index contributed by atoms with van der Waals surface area (Å²) in [6.45, 7) is 4.13. The average Bonchev–Trinajstić information content (AvgIpc) is 2.88. The summed E-state index contributed by atoms with van der Waals surface area (Å²) in [6.07, 6.45) is 6.92. The molecule has 1 N–H and O–H groups in total. The molecule has 120 valence electrons. The average molecular weight is 353 g/mol. The van der Waals surface area contributed by atoms with Crippen LogP contribution in [0.3, 0.4) is 0 Å². The number of hydrogen-bond donors (Lipinski definition) is 1. The van der Waals surface area contributed by atoms with Crippen LogP contribution in [0.2, 0.25) is 0 Å². The molecule has 2 heterocycles. The molecule has 4 nitrogen and oxygen atoms in total. The zero-order valence-electron chi connectivity index (χ0n) is 13.3. The van der Waals surface area contributed by atoms with Gasteiger partial charge in [-0.3, -0.25) is 4.79 Å². The topological polar surface area (TPSA) is 54.9 Å². The highest BCUT2D eigenvalue weighted by Crippen LogP contribution is 2.34. The second-order valence-corrected chi connectivity index (χ2v) is 7.37. The molecular weight excluding hydrogens is 338 g/mol. The second kappa shape index (κ2) is 7.04. The molecule has 0 aliphatic carbocycles. The second-order valence-electron chi connectivity index (χ2n) is 5.20. The van der Waals surface area contributed by atoms with Crippen LogP contribution in [0.4, 0.5) is 5.69 Å². The van der Waals surface area contributed by atoms with E-state index < -0.39 is 0 Å². The summed E-state index contributed by atoms with van der Waals surface area (Å²) in [5, 5.41) is 4.75. The van der Waals surface area contributed by atoms with Gasteiger partial charge in [0.25, 0.3) is 0 Å². The van der Waals surface area contributed by atoms with Crippen molar-refractivity contribution in [3.8, 4) is 12.3 Å². The van der Waals surface area contributed by atoms with Crippen LogP contribution in [-0.4, -0.2) is 21.6 Å². The molecule has 0 saturated heterocycles.